The molecule has 0 saturated carbocycles. The van der Waals surface area contributed by atoms with Crippen LogP contribution in [0.1, 0.15) is 5.56 Å². The maximum atomic E-state index is 10.1. The second kappa shape index (κ2) is 6.73. The Morgan fingerprint density at radius 1 is 1.09 bits per heavy atom. The summed E-state index contributed by atoms with van der Waals surface area (Å²) in [4.78, 5) is 2.01. The molecule has 1 N–H and O–H groups in total. The SMILES string of the molecule is CN(C)Cc1c(O)ccc2c(-c3ccccc3)c(Br)oc12.Cl. The first-order valence-corrected chi connectivity index (χ1v) is 7.50. The molecule has 0 bridgehead atoms. The van der Waals surface area contributed by atoms with Gasteiger partial charge in [-0.05, 0) is 47.7 Å². The first-order valence-electron chi connectivity index (χ1n) is 6.71. The van der Waals surface area contributed by atoms with Crippen LogP contribution in [0.4, 0.5) is 0 Å². The molecule has 3 rings (SSSR count). The van der Waals surface area contributed by atoms with Gasteiger partial charge in [0.25, 0.3) is 0 Å². The van der Waals surface area contributed by atoms with Crippen LogP contribution in [-0.4, -0.2) is 24.1 Å². The van der Waals surface area contributed by atoms with Crippen LogP contribution in [0.3, 0.4) is 0 Å². The highest BCUT2D eigenvalue weighted by Gasteiger charge is 2.19. The summed E-state index contributed by atoms with van der Waals surface area (Å²) in [7, 11) is 3.93. The Morgan fingerprint density at radius 3 is 2.41 bits per heavy atom. The Labute approximate surface area is 144 Å². The van der Waals surface area contributed by atoms with E-state index < -0.39 is 0 Å². The number of aromatic hydroxyl groups is 1. The summed E-state index contributed by atoms with van der Waals surface area (Å²) in [5.74, 6) is 0.261. The Morgan fingerprint density at radius 2 is 1.77 bits per heavy atom. The highest BCUT2D eigenvalue weighted by Crippen LogP contribution is 2.41. The largest absolute Gasteiger partial charge is 0.507 e. The van der Waals surface area contributed by atoms with Gasteiger partial charge >= 0.3 is 0 Å². The molecule has 0 atom stereocenters. The number of benzene rings is 2. The molecule has 0 unspecified atom stereocenters. The smallest absolute Gasteiger partial charge is 0.178 e. The van der Waals surface area contributed by atoms with Gasteiger partial charge in [0.2, 0.25) is 0 Å². The van der Waals surface area contributed by atoms with Crippen LogP contribution >= 0.6 is 28.3 Å². The van der Waals surface area contributed by atoms with Gasteiger partial charge in [-0.25, -0.2) is 0 Å². The molecular formula is C17H17BrClNO2. The summed E-state index contributed by atoms with van der Waals surface area (Å²) in [6, 6.07) is 13.7. The normalized spacial score (nSPS) is 10.9. The van der Waals surface area contributed by atoms with Gasteiger partial charge in [0.15, 0.2) is 4.67 Å². The van der Waals surface area contributed by atoms with Crippen molar-refractivity contribution in [3.8, 4) is 16.9 Å². The molecular weight excluding hydrogens is 366 g/mol. The van der Waals surface area contributed by atoms with Crippen molar-refractivity contribution >= 4 is 39.3 Å². The quantitative estimate of drug-likeness (QED) is 0.688. The number of phenols is 1. The summed E-state index contributed by atoms with van der Waals surface area (Å²) in [6.45, 7) is 0.622. The Kier molecular flexibility index (Phi) is 5.16. The molecule has 1 aromatic heterocycles. The van der Waals surface area contributed by atoms with E-state index in [0.717, 1.165) is 27.7 Å². The lowest BCUT2D eigenvalue weighted by atomic mass is 10.0. The van der Waals surface area contributed by atoms with Gasteiger partial charge in [0.05, 0.1) is 5.56 Å². The van der Waals surface area contributed by atoms with Crippen LogP contribution in [0, 0.1) is 0 Å². The molecule has 0 radical (unpaired) electrons. The molecule has 22 heavy (non-hydrogen) atoms. The average Bonchev–Trinajstić information content (AvgIpc) is 2.79. The van der Waals surface area contributed by atoms with E-state index >= 15 is 0 Å². The molecule has 1 heterocycles. The molecule has 2 aromatic carbocycles. The van der Waals surface area contributed by atoms with E-state index in [1.807, 2.05) is 55.4 Å². The predicted molar refractivity (Wildman–Crippen MR) is 95.7 cm³/mol. The third kappa shape index (κ3) is 3.00. The lowest BCUT2D eigenvalue weighted by molar-refractivity contribution is 0.384. The fraction of sp³-hybridized carbons (Fsp3) is 0.176. The van der Waals surface area contributed by atoms with Crippen molar-refractivity contribution in [1.82, 2.24) is 4.90 Å². The Bertz CT molecular complexity index is 784. The van der Waals surface area contributed by atoms with Crippen LogP contribution in [-0.2, 0) is 6.54 Å². The molecule has 0 aliphatic heterocycles. The molecule has 3 nitrogen and oxygen atoms in total. The van der Waals surface area contributed by atoms with Gasteiger partial charge in [-0.1, -0.05) is 30.3 Å². The molecule has 0 aliphatic rings. The van der Waals surface area contributed by atoms with E-state index in [9.17, 15) is 5.11 Å². The van der Waals surface area contributed by atoms with Crippen molar-refractivity contribution in [3.63, 3.8) is 0 Å². The van der Waals surface area contributed by atoms with Crippen LogP contribution < -0.4 is 0 Å². The minimum absolute atomic E-state index is 0. The van der Waals surface area contributed by atoms with Gasteiger partial charge in [-0.15, -0.1) is 12.4 Å². The van der Waals surface area contributed by atoms with Gasteiger partial charge in [-0.2, -0.15) is 0 Å². The van der Waals surface area contributed by atoms with Crippen molar-refractivity contribution in [2.75, 3.05) is 14.1 Å². The molecule has 116 valence electrons. The second-order valence-electron chi connectivity index (χ2n) is 5.29. The van der Waals surface area contributed by atoms with E-state index in [1.165, 1.54) is 0 Å². The van der Waals surface area contributed by atoms with E-state index in [2.05, 4.69) is 15.9 Å². The average molecular weight is 383 g/mol. The number of phenolic OH excluding ortho intramolecular Hbond substituents is 1. The summed E-state index contributed by atoms with van der Waals surface area (Å²) in [5.41, 5.74) is 3.64. The maximum absolute atomic E-state index is 10.1. The van der Waals surface area contributed by atoms with Crippen molar-refractivity contribution in [1.29, 1.82) is 0 Å². The number of nitrogens with zero attached hydrogens (tertiary/aromatic N) is 1. The zero-order valence-corrected chi connectivity index (χ0v) is 14.7. The zero-order chi connectivity index (χ0) is 15.0. The number of hydrogen-bond donors (Lipinski definition) is 1. The first kappa shape index (κ1) is 16.9. The minimum atomic E-state index is 0. The summed E-state index contributed by atoms with van der Waals surface area (Å²) in [6.07, 6.45) is 0. The third-order valence-corrected chi connectivity index (χ3v) is 3.99. The van der Waals surface area contributed by atoms with E-state index in [-0.39, 0.29) is 18.2 Å². The van der Waals surface area contributed by atoms with E-state index in [0.29, 0.717) is 11.2 Å². The van der Waals surface area contributed by atoms with Crippen LogP contribution in [0.2, 0.25) is 0 Å². The Balaban J connectivity index is 0.00000176. The van der Waals surface area contributed by atoms with Crippen LogP contribution in [0.15, 0.2) is 51.6 Å². The number of rotatable bonds is 3. The topological polar surface area (TPSA) is 36.6 Å². The van der Waals surface area contributed by atoms with Crippen LogP contribution in [0.5, 0.6) is 5.75 Å². The standard InChI is InChI=1S/C17H16BrNO2.ClH/c1-19(2)10-13-14(20)9-8-12-15(17(18)21-16(12)13)11-6-4-3-5-7-11;/h3-9,20H,10H2,1-2H3;1H. The highest BCUT2D eigenvalue weighted by atomic mass is 79.9. The van der Waals surface area contributed by atoms with Crippen molar-refractivity contribution in [2.45, 2.75) is 6.54 Å². The lowest BCUT2D eigenvalue weighted by Gasteiger charge is -2.11. The van der Waals surface area contributed by atoms with Gasteiger partial charge in [0.1, 0.15) is 11.3 Å². The molecule has 0 amide bonds. The summed E-state index contributed by atoms with van der Waals surface area (Å²) < 4.78 is 6.59. The lowest BCUT2D eigenvalue weighted by Crippen LogP contribution is -2.10. The van der Waals surface area contributed by atoms with Gasteiger partial charge < -0.3 is 14.4 Å². The second-order valence-corrected chi connectivity index (χ2v) is 6.01. The molecule has 0 aliphatic carbocycles. The number of furan rings is 1. The molecule has 0 saturated heterocycles. The molecule has 0 spiro atoms. The monoisotopic (exact) mass is 381 g/mol. The van der Waals surface area contributed by atoms with Gasteiger partial charge in [0, 0.05) is 17.5 Å². The van der Waals surface area contributed by atoms with Crippen molar-refractivity contribution in [3.05, 3.63) is 52.7 Å². The third-order valence-electron chi connectivity index (χ3n) is 3.43. The molecule has 5 heteroatoms. The van der Waals surface area contributed by atoms with E-state index in [1.54, 1.807) is 6.07 Å². The number of hydrogen-bond acceptors (Lipinski definition) is 3. The molecule has 0 fully saturated rings. The van der Waals surface area contributed by atoms with E-state index in [4.69, 9.17) is 4.42 Å². The highest BCUT2D eigenvalue weighted by molar-refractivity contribution is 9.10. The number of halogens is 2. The van der Waals surface area contributed by atoms with Crippen molar-refractivity contribution in [2.24, 2.45) is 0 Å². The first-order chi connectivity index (χ1) is 10.1. The minimum Gasteiger partial charge on any atom is -0.507 e. The fourth-order valence-corrected chi connectivity index (χ4v) is 3.12. The van der Waals surface area contributed by atoms with Crippen LogP contribution in [0.25, 0.3) is 22.1 Å². The van der Waals surface area contributed by atoms with Gasteiger partial charge in [-0.3, -0.25) is 0 Å². The number of fused-ring (bicyclic) bond motifs is 1. The maximum Gasteiger partial charge on any atom is 0.178 e. The summed E-state index contributed by atoms with van der Waals surface area (Å²) >= 11 is 3.51. The summed E-state index contributed by atoms with van der Waals surface area (Å²) in [5, 5.41) is 11.1. The Hall–Kier alpha value is -1.49. The fourth-order valence-electron chi connectivity index (χ4n) is 2.52. The predicted octanol–water partition coefficient (Wildman–Crippen LogP) is 5.05. The zero-order valence-electron chi connectivity index (χ0n) is 12.3. The molecule has 3 aromatic rings. The van der Waals surface area contributed by atoms with Crippen molar-refractivity contribution < 1.29 is 9.52 Å².